The number of rotatable bonds is 4. The van der Waals surface area contributed by atoms with Gasteiger partial charge in [0.15, 0.2) is 0 Å². The van der Waals surface area contributed by atoms with E-state index in [4.69, 9.17) is 27.9 Å². The standard InChI is InChI=1S/C13H11BCl2O3/c15-11-6-3-7-12(13(11)16)19-8-9-4-1-2-5-10(9)14(17)18/h1-7,17-18H,8H2. The first-order valence-corrected chi connectivity index (χ1v) is 6.36. The van der Waals surface area contributed by atoms with Crippen LogP contribution < -0.4 is 10.2 Å². The molecule has 0 aromatic heterocycles. The van der Waals surface area contributed by atoms with Crippen LogP contribution in [0.2, 0.25) is 10.0 Å². The van der Waals surface area contributed by atoms with Gasteiger partial charge in [-0.15, -0.1) is 0 Å². The van der Waals surface area contributed by atoms with Crippen molar-refractivity contribution < 1.29 is 14.8 Å². The monoisotopic (exact) mass is 296 g/mol. The molecule has 19 heavy (non-hydrogen) atoms. The van der Waals surface area contributed by atoms with Crippen molar-refractivity contribution in [2.75, 3.05) is 0 Å². The van der Waals surface area contributed by atoms with Crippen LogP contribution in [0, 0.1) is 0 Å². The second kappa shape index (κ2) is 6.30. The average Bonchev–Trinajstić information content (AvgIpc) is 2.40. The molecule has 0 aliphatic rings. The lowest BCUT2D eigenvalue weighted by Gasteiger charge is -2.12. The molecule has 0 aliphatic carbocycles. The molecule has 0 heterocycles. The van der Waals surface area contributed by atoms with E-state index in [0.29, 0.717) is 26.8 Å². The summed E-state index contributed by atoms with van der Waals surface area (Å²) >= 11 is 11.9. The molecule has 0 saturated carbocycles. The van der Waals surface area contributed by atoms with Crippen LogP contribution in [0.3, 0.4) is 0 Å². The van der Waals surface area contributed by atoms with Crippen LogP contribution in [0.25, 0.3) is 0 Å². The Kier molecular flexibility index (Phi) is 4.72. The van der Waals surface area contributed by atoms with Crippen LogP contribution in [-0.2, 0) is 6.61 Å². The third-order valence-electron chi connectivity index (χ3n) is 2.63. The first-order valence-electron chi connectivity index (χ1n) is 5.60. The number of hydrogen-bond acceptors (Lipinski definition) is 3. The van der Waals surface area contributed by atoms with Gasteiger partial charge in [-0.3, -0.25) is 0 Å². The lowest BCUT2D eigenvalue weighted by molar-refractivity contribution is 0.306. The van der Waals surface area contributed by atoms with Gasteiger partial charge in [0.1, 0.15) is 17.4 Å². The van der Waals surface area contributed by atoms with E-state index in [1.165, 1.54) is 0 Å². The molecule has 0 spiro atoms. The smallest absolute Gasteiger partial charge is 0.487 e. The summed E-state index contributed by atoms with van der Waals surface area (Å²) in [5, 5.41) is 19.3. The van der Waals surface area contributed by atoms with E-state index in [0.717, 1.165) is 0 Å². The molecule has 0 fully saturated rings. The number of benzene rings is 2. The third kappa shape index (κ3) is 3.42. The van der Waals surface area contributed by atoms with E-state index in [9.17, 15) is 10.0 Å². The molecule has 3 nitrogen and oxygen atoms in total. The zero-order chi connectivity index (χ0) is 13.8. The summed E-state index contributed by atoms with van der Waals surface area (Å²) in [7, 11) is -1.53. The van der Waals surface area contributed by atoms with Crippen LogP contribution in [0.1, 0.15) is 5.56 Å². The van der Waals surface area contributed by atoms with Crippen molar-refractivity contribution in [3.05, 3.63) is 58.1 Å². The quantitative estimate of drug-likeness (QED) is 0.851. The summed E-state index contributed by atoms with van der Waals surface area (Å²) in [5.74, 6) is 0.455. The molecule has 2 aromatic rings. The van der Waals surface area contributed by atoms with Gasteiger partial charge >= 0.3 is 7.12 Å². The van der Waals surface area contributed by atoms with Gasteiger partial charge in [0.2, 0.25) is 0 Å². The van der Waals surface area contributed by atoms with E-state index in [-0.39, 0.29) is 6.61 Å². The van der Waals surface area contributed by atoms with Crippen molar-refractivity contribution in [2.24, 2.45) is 0 Å². The Balaban J connectivity index is 2.17. The van der Waals surface area contributed by atoms with Gasteiger partial charge in [0, 0.05) is 0 Å². The molecule has 0 atom stereocenters. The molecule has 2 rings (SSSR count). The van der Waals surface area contributed by atoms with E-state index in [2.05, 4.69) is 0 Å². The van der Waals surface area contributed by atoms with Gasteiger partial charge in [-0.2, -0.15) is 0 Å². The highest BCUT2D eigenvalue weighted by Crippen LogP contribution is 2.31. The predicted octanol–water partition coefficient (Wildman–Crippen LogP) is 2.25. The minimum Gasteiger partial charge on any atom is -0.487 e. The molecule has 0 radical (unpaired) electrons. The van der Waals surface area contributed by atoms with Gasteiger partial charge in [-0.05, 0) is 23.2 Å². The van der Waals surface area contributed by atoms with Crippen LogP contribution in [0.4, 0.5) is 0 Å². The van der Waals surface area contributed by atoms with Gasteiger partial charge in [0.05, 0.1) is 5.02 Å². The fourth-order valence-electron chi connectivity index (χ4n) is 1.67. The molecule has 0 saturated heterocycles. The predicted molar refractivity (Wildman–Crippen MR) is 77.1 cm³/mol. The van der Waals surface area contributed by atoms with Crippen molar-refractivity contribution in [3.63, 3.8) is 0 Å². The molecule has 0 unspecified atom stereocenters. The summed E-state index contributed by atoms with van der Waals surface area (Å²) in [5.41, 5.74) is 1.08. The van der Waals surface area contributed by atoms with E-state index in [1.807, 2.05) is 0 Å². The fraction of sp³-hybridized carbons (Fsp3) is 0.0769. The minimum absolute atomic E-state index is 0.174. The highest BCUT2D eigenvalue weighted by atomic mass is 35.5. The Morgan fingerprint density at radius 1 is 1.00 bits per heavy atom. The van der Waals surface area contributed by atoms with Crippen molar-refractivity contribution in [3.8, 4) is 5.75 Å². The van der Waals surface area contributed by atoms with Crippen molar-refractivity contribution in [2.45, 2.75) is 6.61 Å². The number of ether oxygens (including phenoxy) is 1. The summed E-state index contributed by atoms with van der Waals surface area (Å²) in [6, 6.07) is 12.0. The van der Waals surface area contributed by atoms with Crippen molar-refractivity contribution >= 4 is 35.8 Å². The lowest BCUT2D eigenvalue weighted by Crippen LogP contribution is -2.33. The summed E-state index contributed by atoms with van der Waals surface area (Å²) in [6.45, 7) is 0.174. The molecule has 0 amide bonds. The molecule has 98 valence electrons. The molecule has 0 aliphatic heterocycles. The topological polar surface area (TPSA) is 49.7 Å². The van der Waals surface area contributed by atoms with Crippen molar-refractivity contribution in [1.82, 2.24) is 0 Å². The number of hydrogen-bond donors (Lipinski definition) is 2. The van der Waals surface area contributed by atoms with Gasteiger partial charge < -0.3 is 14.8 Å². The number of halogens is 2. The van der Waals surface area contributed by atoms with Crippen molar-refractivity contribution in [1.29, 1.82) is 0 Å². The summed E-state index contributed by atoms with van der Waals surface area (Å²) in [4.78, 5) is 0. The molecular formula is C13H11BCl2O3. The summed E-state index contributed by atoms with van der Waals surface area (Å²) in [6.07, 6.45) is 0. The first kappa shape index (κ1) is 14.2. The zero-order valence-electron chi connectivity index (χ0n) is 9.88. The van der Waals surface area contributed by atoms with Crippen LogP contribution in [-0.4, -0.2) is 17.2 Å². The lowest BCUT2D eigenvalue weighted by atomic mass is 9.77. The van der Waals surface area contributed by atoms with E-state index < -0.39 is 7.12 Å². The maximum Gasteiger partial charge on any atom is 0.488 e. The van der Waals surface area contributed by atoms with Gasteiger partial charge in [0.25, 0.3) is 0 Å². The van der Waals surface area contributed by atoms with E-state index >= 15 is 0 Å². The maximum absolute atomic E-state index is 9.25. The average molecular weight is 297 g/mol. The molecule has 2 aromatic carbocycles. The van der Waals surface area contributed by atoms with Gasteiger partial charge in [-0.25, -0.2) is 0 Å². The largest absolute Gasteiger partial charge is 0.488 e. The molecule has 0 bridgehead atoms. The Morgan fingerprint density at radius 3 is 2.47 bits per heavy atom. The van der Waals surface area contributed by atoms with Crippen LogP contribution in [0.5, 0.6) is 5.75 Å². The Labute approximate surface area is 121 Å². The van der Waals surface area contributed by atoms with E-state index in [1.54, 1.807) is 42.5 Å². The summed E-state index contributed by atoms with van der Waals surface area (Å²) < 4.78 is 5.56. The zero-order valence-corrected chi connectivity index (χ0v) is 11.4. The SMILES string of the molecule is OB(O)c1ccccc1COc1cccc(Cl)c1Cl. The molecular weight excluding hydrogens is 286 g/mol. The Morgan fingerprint density at radius 2 is 1.74 bits per heavy atom. The highest BCUT2D eigenvalue weighted by molar-refractivity contribution is 6.59. The normalized spacial score (nSPS) is 10.3. The third-order valence-corrected chi connectivity index (χ3v) is 3.43. The second-order valence-corrected chi connectivity index (χ2v) is 4.70. The molecule has 2 N–H and O–H groups in total. The second-order valence-electron chi connectivity index (χ2n) is 3.91. The fourth-order valence-corrected chi connectivity index (χ4v) is 2.01. The molecule has 6 heteroatoms. The minimum atomic E-state index is -1.53. The van der Waals surface area contributed by atoms with Crippen LogP contribution in [0.15, 0.2) is 42.5 Å². The maximum atomic E-state index is 9.25. The van der Waals surface area contributed by atoms with Gasteiger partial charge in [-0.1, -0.05) is 53.5 Å². The highest BCUT2D eigenvalue weighted by Gasteiger charge is 2.15. The first-order chi connectivity index (χ1) is 9.09. The Bertz CT molecular complexity index is 576. The van der Waals surface area contributed by atoms with Crippen LogP contribution >= 0.6 is 23.2 Å². The Hall–Kier alpha value is -1.20.